The summed E-state index contributed by atoms with van der Waals surface area (Å²) in [5.74, 6) is -0.0220. The number of fused-ring (bicyclic) bond motifs is 1. The average molecular weight is 352 g/mol. The van der Waals surface area contributed by atoms with Crippen molar-refractivity contribution in [2.24, 2.45) is 0 Å². The van der Waals surface area contributed by atoms with Crippen LogP contribution in [0.3, 0.4) is 0 Å². The topological polar surface area (TPSA) is 78.7 Å². The molecule has 7 heteroatoms. The highest BCUT2D eigenvalue weighted by atomic mass is 16.6. The van der Waals surface area contributed by atoms with E-state index in [1.165, 1.54) is 0 Å². The van der Waals surface area contributed by atoms with E-state index in [1.54, 1.807) is 31.1 Å². The standard InChI is InChI=1S/C19H20N4O3/c1-21(2)16-10-7-12(11-17(16)23(25)26)18-20-15-6-4-3-5-14(15)19(24)22(18)13-8-9-13/h3-7,10-11,13,18,20H,8-9H2,1-2H3/t18-/m1/s1. The molecule has 0 aromatic heterocycles. The van der Waals surface area contributed by atoms with Crippen LogP contribution in [0.1, 0.15) is 34.9 Å². The van der Waals surface area contributed by atoms with Crippen molar-refractivity contribution in [3.05, 3.63) is 63.7 Å². The van der Waals surface area contributed by atoms with Crippen LogP contribution in [0.25, 0.3) is 0 Å². The molecular weight excluding hydrogens is 332 g/mol. The van der Waals surface area contributed by atoms with Gasteiger partial charge in [0.15, 0.2) is 0 Å². The first kappa shape index (κ1) is 16.4. The molecule has 1 heterocycles. The number of carbonyl (C=O) groups excluding carboxylic acids is 1. The van der Waals surface area contributed by atoms with E-state index in [9.17, 15) is 14.9 Å². The number of hydrogen-bond acceptors (Lipinski definition) is 5. The third kappa shape index (κ3) is 2.65. The van der Waals surface area contributed by atoms with E-state index in [0.29, 0.717) is 11.3 Å². The first-order valence-electron chi connectivity index (χ1n) is 8.61. The Kier molecular flexibility index (Phi) is 3.79. The van der Waals surface area contributed by atoms with Gasteiger partial charge in [-0.2, -0.15) is 0 Å². The van der Waals surface area contributed by atoms with Gasteiger partial charge in [0.1, 0.15) is 11.9 Å². The number of nitro groups is 1. The van der Waals surface area contributed by atoms with Gasteiger partial charge in [0, 0.05) is 37.5 Å². The summed E-state index contributed by atoms with van der Waals surface area (Å²) in [4.78, 5) is 27.7. The van der Waals surface area contributed by atoms with Gasteiger partial charge in [0.2, 0.25) is 0 Å². The second-order valence-corrected chi connectivity index (χ2v) is 6.94. The van der Waals surface area contributed by atoms with Gasteiger partial charge in [0.25, 0.3) is 11.6 Å². The zero-order chi connectivity index (χ0) is 18.4. The normalized spacial score (nSPS) is 18.9. The Morgan fingerprint density at radius 1 is 1.19 bits per heavy atom. The molecule has 7 nitrogen and oxygen atoms in total. The van der Waals surface area contributed by atoms with Crippen molar-refractivity contribution in [1.82, 2.24) is 4.90 Å². The maximum absolute atomic E-state index is 13.0. The Bertz CT molecular complexity index is 892. The molecule has 1 fully saturated rings. The Labute approximate surface area is 151 Å². The number of para-hydroxylation sites is 1. The van der Waals surface area contributed by atoms with Crippen molar-refractivity contribution >= 4 is 23.0 Å². The van der Waals surface area contributed by atoms with Gasteiger partial charge in [-0.3, -0.25) is 14.9 Å². The maximum atomic E-state index is 13.0. The first-order chi connectivity index (χ1) is 12.5. The summed E-state index contributed by atoms with van der Waals surface area (Å²) < 4.78 is 0. The monoisotopic (exact) mass is 352 g/mol. The number of nitro benzene ring substituents is 1. The molecule has 26 heavy (non-hydrogen) atoms. The van der Waals surface area contributed by atoms with E-state index >= 15 is 0 Å². The summed E-state index contributed by atoms with van der Waals surface area (Å²) in [5, 5.41) is 14.9. The maximum Gasteiger partial charge on any atom is 0.292 e. The summed E-state index contributed by atoms with van der Waals surface area (Å²) in [5.41, 5.74) is 2.71. The summed E-state index contributed by atoms with van der Waals surface area (Å²) in [6.07, 6.45) is 1.52. The van der Waals surface area contributed by atoms with Crippen LogP contribution in [0.5, 0.6) is 0 Å². The lowest BCUT2D eigenvalue weighted by atomic mass is 10.0. The molecule has 2 aromatic rings. The fourth-order valence-electron chi connectivity index (χ4n) is 3.48. The van der Waals surface area contributed by atoms with Crippen LogP contribution >= 0.6 is 0 Å². The molecule has 0 unspecified atom stereocenters. The predicted octanol–water partition coefficient (Wildman–Crippen LogP) is 3.39. The Hall–Kier alpha value is -3.09. The Morgan fingerprint density at radius 2 is 1.92 bits per heavy atom. The number of nitrogens with one attached hydrogen (secondary N) is 1. The minimum absolute atomic E-state index is 0.0220. The van der Waals surface area contributed by atoms with Gasteiger partial charge < -0.3 is 15.1 Å². The van der Waals surface area contributed by atoms with Crippen molar-refractivity contribution in [2.75, 3.05) is 24.3 Å². The average Bonchev–Trinajstić information content (AvgIpc) is 3.45. The number of anilines is 2. The second-order valence-electron chi connectivity index (χ2n) is 6.94. The first-order valence-corrected chi connectivity index (χ1v) is 8.61. The van der Waals surface area contributed by atoms with E-state index in [-0.39, 0.29) is 22.6 Å². The van der Waals surface area contributed by atoms with Gasteiger partial charge in [-0.1, -0.05) is 18.2 Å². The van der Waals surface area contributed by atoms with E-state index < -0.39 is 6.17 Å². The smallest absolute Gasteiger partial charge is 0.292 e. The molecule has 1 N–H and O–H groups in total. The molecule has 0 spiro atoms. The highest BCUT2D eigenvalue weighted by Crippen LogP contribution is 2.42. The van der Waals surface area contributed by atoms with Crippen LogP contribution in [-0.2, 0) is 0 Å². The van der Waals surface area contributed by atoms with Crippen LogP contribution in [0, 0.1) is 10.1 Å². The molecule has 1 aliphatic carbocycles. The molecule has 1 saturated carbocycles. The lowest BCUT2D eigenvalue weighted by Gasteiger charge is -2.38. The van der Waals surface area contributed by atoms with Gasteiger partial charge in [-0.15, -0.1) is 0 Å². The van der Waals surface area contributed by atoms with Crippen LogP contribution in [0.4, 0.5) is 17.1 Å². The molecule has 2 aliphatic rings. The zero-order valence-corrected chi connectivity index (χ0v) is 14.7. The van der Waals surface area contributed by atoms with Crippen molar-refractivity contribution < 1.29 is 9.72 Å². The minimum atomic E-state index is -0.403. The number of rotatable bonds is 4. The fraction of sp³-hybridized carbons (Fsp3) is 0.316. The molecule has 2 aromatic carbocycles. The van der Waals surface area contributed by atoms with Crippen molar-refractivity contribution in [1.29, 1.82) is 0 Å². The van der Waals surface area contributed by atoms with Crippen molar-refractivity contribution in [3.63, 3.8) is 0 Å². The van der Waals surface area contributed by atoms with Gasteiger partial charge in [-0.25, -0.2) is 0 Å². The number of hydrogen-bond donors (Lipinski definition) is 1. The van der Waals surface area contributed by atoms with Crippen LogP contribution in [-0.4, -0.2) is 35.9 Å². The molecule has 1 atom stereocenters. The molecule has 4 rings (SSSR count). The summed E-state index contributed by atoms with van der Waals surface area (Å²) in [6, 6.07) is 12.8. The van der Waals surface area contributed by atoms with Crippen LogP contribution in [0.15, 0.2) is 42.5 Å². The SMILES string of the molecule is CN(C)c1ccc([C@@H]2Nc3ccccc3C(=O)N2C2CC2)cc1[N+](=O)[O-]. The van der Waals surface area contributed by atoms with Crippen molar-refractivity contribution in [3.8, 4) is 0 Å². The third-order valence-corrected chi connectivity index (χ3v) is 4.90. The minimum Gasteiger partial charge on any atom is -0.372 e. The summed E-state index contributed by atoms with van der Waals surface area (Å²) >= 11 is 0. The second kappa shape index (κ2) is 6.01. The van der Waals surface area contributed by atoms with Gasteiger partial charge >= 0.3 is 0 Å². The lowest BCUT2D eigenvalue weighted by molar-refractivity contribution is -0.384. The number of carbonyl (C=O) groups is 1. The lowest BCUT2D eigenvalue weighted by Crippen LogP contribution is -2.44. The van der Waals surface area contributed by atoms with Crippen LogP contribution in [0.2, 0.25) is 0 Å². The van der Waals surface area contributed by atoms with E-state index in [0.717, 1.165) is 24.1 Å². The third-order valence-electron chi connectivity index (χ3n) is 4.90. The highest BCUT2D eigenvalue weighted by molar-refractivity contribution is 6.02. The van der Waals surface area contributed by atoms with E-state index in [1.807, 2.05) is 35.2 Å². The van der Waals surface area contributed by atoms with Crippen molar-refractivity contribution in [2.45, 2.75) is 25.0 Å². The molecule has 1 aliphatic heterocycles. The molecule has 0 saturated heterocycles. The number of benzene rings is 2. The quantitative estimate of drug-likeness (QED) is 0.674. The molecule has 134 valence electrons. The molecule has 0 radical (unpaired) electrons. The highest BCUT2D eigenvalue weighted by Gasteiger charge is 2.42. The largest absolute Gasteiger partial charge is 0.372 e. The summed E-state index contributed by atoms with van der Waals surface area (Å²) in [7, 11) is 3.55. The van der Waals surface area contributed by atoms with E-state index in [4.69, 9.17) is 0 Å². The zero-order valence-electron chi connectivity index (χ0n) is 14.7. The van der Waals surface area contributed by atoms with E-state index in [2.05, 4.69) is 5.32 Å². The molecular formula is C19H20N4O3. The van der Waals surface area contributed by atoms with Gasteiger partial charge in [0.05, 0.1) is 10.5 Å². The Morgan fingerprint density at radius 3 is 2.58 bits per heavy atom. The predicted molar refractivity (Wildman–Crippen MR) is 99.4 cm³/mol. The number of amides is 1. The molecule has 0 bridgehead atoms. The van der Waals surface area contributed by atoms with Crippen LogP contribution < -0.4 is 10.2 Å². The Balaban J connectivity index is 1.80. The fourth-order valence-corrected chi connectivity index (χ4v) is 3.48. The molecule has 1 amide bonds. The number of nitrogens with zero attached hydrogens (tertiary/aromatic N) is 3. The summed E-state index contributed by atoms with van der Waals surface area (Å²) in [6.45, 7) is 0. The van der Waals surface area contributed by atoms with Gasteiger partial charge in [-0.05, 0) is 31.0 Å².